The number of rotatable bonds is 8. The molecule has 2 aromatic rings. The molecule has 1 saturated heterocycles. The van der Waals surface area contributed by atoms with E-state index in [2.05, 4.69) is 10.6 Å². The van der Waals surface area contributed by atoms with E-state index in [1.807, 2.05) is 0 Å². The lowest BCUT2D eigenvalue weighted by Crippen LogP contribution is -2.47. The van der Waals surface area contributed by atoms with Crippen LogP contribution in [-0.2, 0) is 9.53 Å². The predicted octanol–water partition coefficient (Wildman–Crippen LogP) is 2.57. The second kappa shape index (κ2) is 11.6. The lowest BCUT2D eigenvalue weighted by Gasteiger charge is -2.28. The van der Waals surface area contributed by atoms with Gasteiger partial charge in [-0.2, -0.15) is 0 Å². The predicted molar refractivity (Wildman–Crippen MR) is 124 cm³/mol. The standard InChI is InChI=1S/C23H25N5O7/c1-2-35-22(31)17-5-3-6-18(15-17)25-23(32)27-14-4-13-26(27)20(29)11-12-24-21(30)16-7-9-19(10-8-16)28(33)34/h3,5-10,15H,2,4,11-14H2,1H3,(H,24,30)(H,25,32). The van der Waals surface area contributed by atoms with Crippen LogP contribution < -0.4 is 10.6 Å². The highest BCUT2D eigenvalue weighted by Crippen LogP contribution is 2.17. The van der Waals surface area contributed by atoms with Gasteiger partial charge in [0.05, 0.1) is 17.1 Å². The van der Waals surface area contributed by atoms with Crippen LogP contribution in [0.5, 0.6) is 0 Å². The minimum atomic E-state index is -0.560. The van der Waals surface area contributed by atoms with Gasteiger partial charge in [0.25, 0.3) is 11.6 Å². The Hall–Kier alpha value is -4.48. The molecule has 0 saturated carbocycles. The van der Waals surface area contributed by atoms with Gasteiger partial charge in [0.1, 0.15) is 0 Å². The van der Waals surface area contributed by atoms with Gasteiger partial charge in [-0.3, -0.25) is 19.7 Å². The molecule has 0 atom stereocenters. The molecule has 0 aromatic heterocycles. The Morgan fingerprint density at radius 3 is 2.43 bits per heavy atom. The van der Waals surface area contributed by atoms with Crippen LogP contribution in [0.2, 0.25) is 0 Å². The number of benzene rings is 2. The fourth-order valence-corrected chi connectivity index (χ4v) is 3.46. The Kier molecular flexibility index (Phi) is 8.33. The van der Waals surface area contributed by atoms with Crippen LogP contribution in [-0.4, -0.2) is 65.0 Å². The number of anilines is 1. The van der Waals surface area contributed by atoms with Gasteiger partial charge in [0, 0.05) is 49.4 Å². The molecule has 0 aliphatic carbocycles. The van der Waals surface area contributed by atoms with Crippen LogP contribution in [0.15, 0.2) is 48.5 Å². The molecule has 0 unspecified atom stereocenters. The summed E-state index contributed by atoms with van der Waals surface area (Å²) in [5.41, 5.74) is 0.782. The molecule has 1 fully saturated rings. The van der Waals surface area contributed by atoms with Crippen LogP contribution in [0.1, 0.15) is 40.5 Å². The van der Waals surface area contributed by atoms with Gasteiger partial charge in [-0.1, -0.05) is 6.07 Å². The van der Waals surface area contributed by atoms with Crippen molar-refractivity contribution in [2.45, 2.75) is 19.8 Å². The quantitative estimate of drug-likeness (QED) is 0.333. The number of urea groups is 1. The molecule has 0 spiro atoms. The van der Waals surface area contributed by atoms with Crippen LogP contribution >= 0.6 is 0 Å². The molecule has 12 nitrogen and oxygen atoms in total. The molecule has 2 N–H and O–H groups in total. The number of non-ortho nitro benzene ring substituents is 1. The summed E-state index contributed by atoms with van der Waals surface area (Å²) in [5, 5.41) is 18.6. The van der Waals surface area contributed by atoms with E-state index in [0.29, 0.717) is 30.8 Å². The first-order valence-electron chi connectivity index (χ1n) is 11.0. The van der Waals surface area contributed by atoms with E-state index in [4.69, 9.17) is 4.74 Å². The summed E-state index contributed by atoms with van der Waals surface area (Å²) in [6.07, 6.45) is 0.554. The molecule has 3 rings (SSSR count). The maximum Gasteiger partial charge on any atom is 0.340 e. The molecule has 0 radical (unpaired) electrons. The second-order valence-electron chi connectivity index (χ2n) is 7.53. The summed E-state index contributed by atoms with van der Waals surface area (Å²) in [7, 11) is 0. The maximum atomic E-state index is 12.8. The first kappa shape index (κ1) is 25.1. The zero-order valence-corrected chi connectivity index (χ0v) is 19.1. The number of carbonyl (C=O) groups excluding carboxylic acids is 4. The molecule has 1 heterocycles. The van der Waals surface area contributed by atoms with Gasteiger partial charge in [-0.25, -0.2) is 19.6 Å². The highest BCUT2D eigenvalue weighted by Gasteiger charge is 2.30. The Bertz CT molecular complexity index is 1120. The van der Waals surface area contributed by atoms with E-state index >= 15 is 0 Å². The molecular weight excluding hydrogens is 458 g/mol. The number of esters is 1. The monoisotopic (exact) mass is 483 g/mol. The average molecular weight is 483 g/mol. The Labute approximate surface area is 200 Å². The molecular formula is C23H25N5O7. The Morgan fingerprint density at radius 1 is 1.03 bits per heavy atom. The van der Waals surface area contributed by atoms with Crippen molar-refractivity contribution in [3.63, 3.8) is 0 Å². The lowest BCUT2D eigenvalue weighted by atomic mass is 10.2. The topological polar surface area (TPSA) is 151 Å². The molecule has 184 valence electrons. The molecule has 4 amide bonds. The number of hydrogen-bond acceptors (Lipinski definition) is 7. The number of nitro groups is 1. The summed E-state index contributed by atoms with van der Waals surface area (Å²) >= 11 is 0. The molecule has 1 aliphatic rings. The summed E-state index contributed by atoms with van der Waals surface area (Å²) < 4.78 is 4.96. The molecule has 0 bridgehead atoms. The molecule has 1 aliphatic heterocycles. The zero-order chi connectivity index (χ0) is 25.4. The number of hydrogen-bond donors (Lipinski definition) is 2. The summed E-state index contributed by atoms with van der Waals surface area (Å²) in [5.74, 6) is -1.32. The fourth-order valence-electron chi connectivity index (χ4n) is 3.46. The summed E-state index contributed by atoms with van der Waals surface area (Å²) in [6, 6.07) is 10.9. The third-order valence-corrected chi connectivity index (χ3v) is 5.14. The van der Waals surface area contributed by atoms with Gasteiger partial charge < -0.3 is 15.4 Å². The molecule has 35 heavy (non-hydrogen) atoms. The van der Waals surface area contributed by atoms with E-state index in [1.165, 1.54) is 40.3 Å². The van der Waals surface area contributed by atoms with E-state index in [9.17, 15) is 29.3 Å². The largest absolute Gasteiger partial charge is 0.462 e. The number of nitro benzene ring substituents is 1. The average Bonchev–Trinajstić information content (AvgIpc) is 3.35. The van der Waals surface area contributed by atoms with Gasteiger partial charge in [0.2, 0.25) is 5.91 Å². The van der Waals surface area contributed by atoms with Crippen molar-refractivity contribution in [2.24, 2.45) is 0 Å². The third-order valence-electron chi connectivity index (χ3n) is 5.14. The van der Waals surface area contributed by atoms with Crippen molar-refractivity contribution in [3.05, 3.63) is 69.8 Å². The SMILES string of the molecule is CCOC(=O)c1cccc(NC(=O)N2CCCN2C(=O)CCNC(=O)c2ccc([N+](=O)[O-])cc2)c1. The second-order valence-corrected chi connectivity index (χ2v) is 7.53. The van der Waals surface area contributed by atoms with E-state index < -0.39 is 22.8 Å². The van der Waals surface area contributed by atoms with Crippen molar-refractivity contribution in [1.82, 2.24) is 15.3 Å². The molecule has 12 heteroatoms. The van der Waals surface area contributed by atoms with Gasteiger partial charge in [-0.05, 0) is 43.7 Å². The van der Waals surface area contributed by atoms with E-state index in [-0.39, 0.29) is 36.7 Å². The number of carbonyl (C=O) groups is 4. The Balaban J connectivity index is 1.52. The zero-order valence-electron chi connectivity index (χ0n) is 19.1. The van der Waals surface area contributed by atoms with Crippen molar-refractivity contribution in [3.8, 4) is 0 Å². The highest BCUT2D eigenvalue weighted by atomic mass is 16.6. The van der Waals surface area contributed by atoms with Crippen LogP contribution in [0, 0.1) is 10.1 Å². The minimum Gasteiger partial charge on any atom is -0.462 e. The summed E-state index contributed by atoms with van der Waals surface area (Å²) in [4.78, 5) is 59.7. The van der Waals surface area contributed by atoms with Crippen molar-refractivity contribution in [2.75, 3.05) is 31.6 Å². The van der Waals surface area contributed by atoms with E-state index in [1.54, 1.807) is 25.1 Å². The summed E-state index contributed by atoms with van der Waals surface area (Å²) in [6.45, 7) is 2.65. The van der Waals surface area contributed by atoms with Crippen molar-refractivity contribution in [1.29, 1.82) is 0 Å². The van der Waals surface area contributed by atoms with E-state index in [0.717, 1.165) is 0 Å². The smallest absolute Gasteiger partial charge is 0.340 e. The lowest BCUT2D eigenvalue weighted by molar-refractivity contribution is -0.384. The maximum absolute atomic E-state index is 12.8. The van der Waals surface area contributed by atoms with Crippen LogP contribution in [0.4, 0.5) is 16.2 Å². The molecule has 2 aromatic carbocycles. The van der Waals surface area contributed by atoms with Crippen molar-refractivity contribution < 1.29 is 28.8 Å². The highest BCUT2D eigenvalue weighted by molar-refractivity contribution is 5.95. The number of ether oxygens (including phenoxy) is 1. The number of nitrogens with one attached hydrogen (secondary N) is 2. The van der Waals surface area contributed by atoms with Gasteiger partial charge in [0.15, 0.2) is 0 Å². The first-order chi connectivity index (χ1) is 16.8. The van der Waals surface area contributed by atoms with Gasteiger partial charge in [-0.15, -0.1) is 0 Å². The fraction of sp³-hybridized carbons (Fsp3) is 0.304. The van der Waals surface area contributed by atoms with Crippen molar-refractivity contribution >= 4 is 35.2 Å². The third kappa shape index (κ3) is 6.53. The number of nitrogens with zero attached hydrogens (tertiary/aromatic N) is 3. The van der Waals surface area contributed by atoms with Gasteiger partial charge >= 0.3 is 12.0 Å². The Morgan fingerprint density at radius 2 is 1.74 bits per heavy atom. The first-order valence-corrected chi connectivity index (χ1v) is 11.0. The van der Waals surface area contributed by atoms with Crippen LogP contribution in [0.3, 0.4) is 0 Å². The number of hydrazine groups is 1. The minimum absolute atomic E-state index is 0.0300. The number of amides is 4. The normalized spacial score (nSPS) is 12.7. The van der Waals surface area contributed by atoms with Crippen LogP contribution in [0.25, 0.3) is 0 Å².